The average molecular weight is 350 g/mol. The summed E-state index contributed by atoms with van der Waals surface area (Å²) in [5.41, 5.74) is 3.62. The van der Waals surface area contributed by atoms with E-state index >= 15 is 0 Å². The maximum absolute atomic E-state index is 12.3. The van der Waals surface area contributed by atoms with Crippen LogP contribution in [0.15, 0.2) is 66.9 Å². The van der Waals surface area contributed by atoms with Crippen molar-refractivity contribution < 1.29 is 4.79 Å². The van der Waals surface area contributed by atoms with Gasteiger partial charge in [0.1, 0.15) is 5.82 Å². The fourth-order valence-corrected chi connectivity index (χ4v) is 3.26. The van der Waals surface area contributed by atoms with Gasteiger partial charge in [0.25, 0.3) is 5.91 Å². The number of carbonyl (C=O) groups excluding carboxylic acids is 1. The second kappa shape index (κ2) is 6.57. The van der Waals surface area contributed by atoms with Gasteiger partial charge in [-0.15, -0.1) is 0 Å². The van der Waals surface area contributed by atoms with Crippen LogP contribution in [0.2, 0.25) is 5.02 Å². The fourth-order valence-electron chi connectivity index (χ4n) is 3.04. The molecule has 1 aliphatic heterocycles. The summed E-state index contributed by atoms with van der Waals surface area (Å²) in [7, 11) is 0. The largest absolute Gasteiger partial charge is 0.326 e. The number of pyridine rings is 1. The Kier molecular flexibility index (Phi) is 4.12. The third-order valence-corrected chi connectivity index (χ3v) is 4.62. The highest BCUT2D eigenvalue weighted by Crippen LogP contribution is 2.33. The molecule has 2 heterocycles. The number of hydrogen-bond acceptors (Lipinski definition) is 3. The minimum atomic E-state index is -0.244. The molecule has 5 heteroatoms. The first-order valence-corrected chi connectivity index (χ1v) is 8.47. The van der Waals surface area contributed by atoms with Crippen molar-refractivity contribution in [1.29, 1.82) is 0 Å². The van der Waals surface area contributed by atoms with Gasteiger partial charge in [-0.05, 0) is 42.3 Å². The van der Waals surface area contributed by atoms with Crippen molar-refractivity contribution >= 4 is 34.7 Å². The van der Waals surface area contributed by atoms with Crippen LogP contribution in [0.25, 0.3) is 0 Å². The van der Waals surface area contributed by atoms with Gasteiger partial charge in [-0.1, -0.05) is 41.9 Å². The molecule has 0 aliphatic carbocycles. The molecular weight excluding hydrogens is 334 g/mol. The van der Waals surface area contributed by atoms with Crippen LogP contribution in [0.1, 0.15) is 15.9 Å². The van der Waals surface area contributed by atoms with E-state index in [1.165, 1.54) is 11.3 Å². The summed E-state index contributed by atoms with van der Waals surface area (Å²) in [4.78, 5) is 19.0. The Bertz CT molecular complexity index is 924. The van der Waals surface area contributed by atoms with E-state index in [1.54, 1.807) is 30.5 Å². The number of anilines is 3. The van der Waals surface area contributed by atoms with Gasteiger partial charge in [0.05, 0.1) is 22.5 Å². The predicted octanol–water partition coefficient (Wildman–Crippen LogP) is 4.68. The Hall–Kier alpha value is -2.85. The van der Waals surface area contributed by atoms with E-state index in [2.05, 4.69) is 33.4 Å². The Morgan fingerprint density at radius 3 is 2.64 bits per heavy atom. The highest BCUT2D eigenvalue weighted by Gasteiger charge is 2.20. The Morgan fingerprint density at radius 1 is 1.04 bits per heavy atom. The van der Waals surface area contributed by atoms with Crippen LogP contribution < -0.4 is 10.2 Å². The first-order valence-electron chi connectivity index (χ1n) is 8.10. The summed E-state index contributed by atoms with van der Waals surface area (Å²) in [6, 6.07) is 19.1. The number of hydrogen-bond donors (Lipinski definition) is 1. The summed E-state index contributed by atoms with van der Waals surface area (Å²) in [5, 5.41) is 3.26. The van der Waals surface area contributed by atoms with Gasteiger partial charge in [-0.25, -0.2) is 4.98 Å². The molecule has 1 amide bonds. The molecule has 1 N–H and O–H groups in total. The monoisotopic (exact) mass is 349 g/mol. The van der Waals surface area contributed by atoms with Crippen LogP contribution in [0.3, 0.4) is 0 Å². The maximum Gasteiger partial charge on any atom is 0.257 e. The van der Waals surface area contributed by atoms with E-state index < -0.39 is 0 Å². The molecule has 1 aromatic heterocycles. The third kappa shape index (κ3) is 3.08. The average Bonchev–Trinajstić information content (AvgIpc) is 3.07. The summed E-state index contributed by atoms with van der Waals surface area (Å²) in [6.07, 6.45) is 2.69. The highest BCUT2D eigenvalue weighted by molar-refractivity contribution is 6.34. The van der Waals surface area contributed by atoms with Gasteiger partial charge in [0, 0.05) is 12.2 Å². The smallest absolute Gasteiger partial charge is 0.257 e. The number of carbonyl (C=O) groups is 1. The van der Waals surface area contributed by atoms with Gasteiger partial charge < -0.3 is 10.2 Å². The number of rotatable bonds is 3. The molecule has 3 aromatic rings. The second-order valence-corrected chi connectivity index (χ2v) is 6.28. The Labute approximate surface area is 151 Å². The molecule has 25 heavy (non-hydrogen) atoms. The SMILES string of the molecule is O=C(Nc1ccc(N2CCc3ccccc32)nc1)c1ccccc1Cl. The molecule has 1 aliphatic rings. The summed E-state index contributed by atoms with van der Waals surface area (Å²) in [5.74, 6) is 0.632. The lowest BCUT2D eigenvalue weighted by Gasteiger charge is -2.18. The minimum Gasteiger partial charge on any atom is -0.326 e. The van der Waals surface area contributed by atoms with E-state index in [1.807, 2.05) is 18.2 Å². The predicted molar refractivity (Wildman–Crippen MR) is 101 cm³/mol. The zero-order chi connectivity index (χ0) is 17.2. The van der Waals surface area contributed by atoms with Gasteiger partial charge in [-0.3, -0.25) is 4.79 Å². The van der Waals surface area contributed by atoms with Crippen molar-refractivity contribution in [3.63, 3.8) is 0 Å². The van der Waals surface area contributed by atoms with Crippen molar-refractivity contribution in [2.75, 3.05) is 16.8 Å². The molecule has 0 fully saturated rings. The van der Waals surface area contributed by atoms with Gasteiger partial charge in [0.2, 0.25) is 0 Å². The van der Waals surface area contributed by atoms with Crippen molar-refractivity contribution in [3.05, 3.63) is 83.0 Å². The Morgan fingerprint density at radius 2 is 1.84 bits per heavy atom. The number of fused-ring (bicyclic) bond motifs is 1. The minimum absolute atomic E-state index is 0.244. The number of aromatic nitrogens is 1. The molecular formula is C20H16ClN3O. The molecule has 4 rings (SSSR count). The number of nitrogens with zero attached hydrogens (tertiary/aromatic N) is 2. The number of halogens is 1. The van der Waals surface area contributed by atoms with E-state index in [-0.39, 0.29) is 5.91 Å². The summed E-state index contributed by atoms with van der Waals surface area (Å²) in [6.45, 7) is 0.914. The third-order valence-electron chi connectivity index (χ3n) is 4.29. The molecule has 2 aromatic carbocycles. The van der Waals surface area contributed by atoms with Crippen molar-refractivity contribution in [3.8, 4) is 0 Å². The van der Waals surface area contributed by atoms with E-state index in [0.29, 0.717) is 16.3 Å². The quantitative estimate of drug-likeness (QED) is 0.746. The number of benzene rings is 2. The van der Waals surface area contributed by atoms with Crippen molar-refractivity contribution in [1.82, 2.24) is 4.98 Å². The van der Waals surface area contributed by atoms with Crippen molar-refractivity contribution in [2.45, 2.75) is 6.42 Å². The van der Waals surface area contributed by atoms with E-state index in [4.69, 9.17) is 11.6 Å². The summed E-state index contributed by atoms with van der Waals surface area (Å²) < 4.78 is 0. The van der Waals surface area contributed by atoms with Crippen LogP contribution in [-0.2, 0) is 6.42 Å². The lowest BCUT2D eigenvalue weighted by atomic mass is 10.2. The first-order chi connectivity index (χ1) is 12.2. The van der Waals surface area contributed by atoms with Crippen LogP contribution in [0, 0.1) is 0 Å². The van der Waals surface area contributed by atoms with Gasteiger partial charge in [0.15, 0.2) is 0 Å². The highest BCUT2D eigenvalue weighted by atomic mass is 35.5. The molecule has 0 saturated carbocycles. The lowest BCUT2D eigenvalue weighted by Crippen LogP contribution is -2.16. The number of para-hydroxylation sites is 1. The second-order valence-electron chi connectivity index (χ2n) is 5.87. The molecule has 0 spiro atoms. The maximum atomic E-state index is 12.3. The fraction of sp³-hybridized carbons (Fsp3) is 0.100. The molecule has 0 radical (unpaired) electrons. The van der Waals surface area contributed by atoms with Crippen LogP contribution in [-0.4, -0.2) is 17.4 Å². The first kappa shape index (κ1) is 15.7. The summed E-state index contributed by atoms with van der Waals surface area (Å²) >= 11 is 6.06. The molecule has 0 atom stereocenters. The Balaban J connectivity index is 1.52. The van der Waals surface area contributed by atoms with E-state index in [0.717, 1.165) is 18.8 Å². The molecule has 124 valence electrons. The number of nitrogens with one attached hydrogen (secondary N) is 1. The topological polar surface area (TPSA) is 45.2 Å². The molecule has 0 saturated heterocycles. The zero-order valence-electron chi connectivity index (χ0n) is 13.4. The van der Waals surface area contributed by atoms with Crippen LogP contribution >= 0.6 is 11.6 Å². The molecule has 4 nitrogen and oxygen atoms in total. The zero-order valence-corrected chi connectivity index (χ0v) is 14.2. The lowest BCUT2D eigenvalue weighted by molar-refractivity contribution is 0.102. The van der Waals surface area contributed by atoms with Crippen molar-refractivity contribution in [2.24, 2.45) is 0 Å². The molecule has 0 unspecified atom stereocenters. The van der Waals surface area contributed by atoms with Gasteiger partial charge >= 0.3 is 0 Å². The standard InChI is InChI=1S/C20H16ClN3O/c21-17-7-3-2-6-16(17)20(25)23-15-9-10-19(22-13-15)24-12-11-14-5-1-4-8-18(14)24/h1-10,13H,11-12H2,(H,23,25). The van der Waals surface area contributed by atoms with Crippen LogP contribution in [0.4, 0.5) is 17.2 Å². The van der Waals surface area contributed by atoms with E-state index in [9.17, 15) is 4.79 Å². The van der Waals surface area contributed by atoms with Gasteiger partial charge in [-0.2, -0.15) is 0 Å². The number of amides is 1. The van der Waals surface area contributed by atoms with Crippen LogP contribution in [0.5, 0.6) is 0 Å². The normalized spacial score (nSPS) is 12.8. The molecule has 0 bridgehead atoms.